The molecular formula is C24H49ClO7. The lowest BCUT2D eigenvalue weighted by atomic mass is 10.2. The fourth-order valence-electron chi connectivity index (χ4n) is 2.70. The number of hydrogen-bond donors (Lipinski definition) is 0. The average Bonchev–Trinajstić information content (AvgIpc) is 2.81. The van der Waals surface area contributed by atoms with Crippen LogP contribution < -0.4 is 0 Å². The first-order valence-corrected chi connectivity index (χ1v) is 13.1. The molecule has 194 valence electrons. The van der Waals surface area contributed by atoms with Gasteiger partial charge in [-0.3, -0.25) is 0 Å². The minimum absolute atomic E-state index is 0.558. The van der Waals surface area contributed by atoms with Crippen molar-refractivity contribution in [3.8, 4) is 0 Å². The lowest BCUT2D eigenvalue weighted by molar-refractivity contribution is -0.0206. The normalized spacial score (nSPS) is 11.4. The third kappa shape index (κ3) is 30.0. The minimum Gasteiger partial charge on any atom is -0.379 e. The van der Waals surface area contributed by atoms with Gasteiger partial charge in [0.1, 0.15) is 0 Å². The summed E-state index contributed by atoms with van der Waals surface area (Å²) < 4.78 is 38.3. The molecule has 0 aliphatic carbocycles. The smallest absolute Gasteiger partial charge is 0.0701 e. The molecule has 0 saturated carbocycles. The van der Waals surface area contributed by atoms with Crippen LogP contribution in [0.2, 0.25) is 0 Å². The van der Waals surface area contributed by atoms with Gasteiger partial charge in [-0.2, -0.15) is 0 Å². The van der Waals surface area contributed by atoms with Gasteiger partial charge in [0.2, 0.25) is 0 Å². The Hall–Kier alpha value is 0.01000. The largest absolute Gasteiger partial charge is 0.379 e. The van der Waals surface area contributed by atoms with E-state index in [1.54, 1.807) is 0 Å². The van der Waals surface area contributed by atoms with Crippen molar-refractivity contribution in [2.75, 3.05) is 98.4 Å². The Kier molecular flexibility index (Phi) is 31.0. The van der Waals surface area contributed by atoms with Crippen LogP contribution in [0.15, 0.2) is 0 Å². The molecule has 0 aromatic carbocycles. The molecule has 0 aliphatic heterocycles. The molecule has 0 saturated heterocycles. The Morgan fingerprint density at radius 3 is 0.938 bits per heavy atom. The van der Waals surface area contributed by atoms with E-state index in [0.717, 1.165) is 38.4 Å². The lowest BCUT2D eigenvalue weighted by Crippen LogP contribution is -2.14. The molecule has 0 heterocycles. The maximum absolute atomic E-state index is 5.64. The SMILES string of the molecule is CCCCCCOCCOCCOCCOCCOCCOCCOCCCCCCCl. The summed E-state index contributed by atoms with van der Waals surface area (Å²) in [4.78, 5) is 0. The minimum atomic E-state index is 0.558. The van der Waals surface area contributed by atoms with E-state index in [1.807, 2.05) is 0 Å². The van der Waals surface area contributed by atoms with Crippen LogP contribution in [0.1, 0.15) is 58.3 Å². The molecule has 0 bridgehead atoms. The predicted octanol–water partition coefficient (Wildman–Crippen LogP) is 4.48. The summed E-state index contributed by atoms with van der Waals surface area (Å²) in [6.45, 7) is 10.9. The second-order valence-electron chi connectivity index (χ2n) is 7.45. The van der Waals surface area contributed by atoms with E-state index in [9.17, 15) is 0 Å². The van der Waals surface area contributed by atoms with Gasteiger partial charge in [0.15, 0.2) is 0 Å². The van der Waals surface area contributed by atoms with Crippen LogP contribution in [0.5, 0.6) is 0 Å². The van der Waals surface area contributed by atoms with Crippen molar-refractivity contribution in [3.05, 3.63) is 0 Å². The fourth-order valence-corrected chi connectivity index (χ4v) is 2.89. The quantitative estimate of drug-likeness (QED) is 0.114. The van der Waals surface area contributed by atoms with Crippen molar-refractivity contribution in [1.82, 2.24) is 0 Å². The van der Waals surface area contributed by atoms with Gasteiger partial charge in [0.05, 0.1) is 79.3 Å². The number of unbranched alkanes of at least 4 members (excludes halogenated alkanes) is 6. The van der Waals surface area contributed by atoms with Gasteiger partial charge in [-0.1, -0.05) is 39.0 Å². The molecule has 32 heavy (non-hydrogen) atoms. The molecule has 0 rings (SSSR count). The van der Waals surface area contributed by atoms with Gasteiger partial charge in [0, 0.05) is 19.1 Å². The number of ether oxygens (including phenoxy) is 7. The summed E-state index contributed by atoms with van der Waals surface area (Å²) in [5.74, 6) is 0.753. The number of halogens is 1. The maximum Gasteiger partial charge on any atom is 0.0701 e. The van der Waals surface area contributed by atoms with Crippen molar-refractivity contribution in [2.45, 2.75) is 58.3 Å². The van der Waals surface area contributed by atoms with Crippen LogP contribution in [0, 0.1) is 0 Å². The number of rotatable bonds is 29. The summed E-state index contributed by atoms with van der Waals surface area (Å²) >= 11 is 5.64. The third-order valence-corrected chi connectivity index (χ3v) is 4.81. The van der Waals surface area contributed by atoms with Gasteiger partial charge < -0.3 is 33.2 Å². The van der Waals surface area contributed by atoms with Crippen LogP contribution >= 0.6 is 11.6 Å². The summed E-state index contributed by atoms with van der Waals surface area (Å²) in [5.41, 5.74) is 0. The van der Waals surface area contributed by atoms with Crippen LogP contribution in [0.25, 0.3) is 0 Å². The van der Waals surface area contributed by atoms with E-state index in [2.05, 4.69) is 6.92 Å². The zero-order chi connectivity index (χ0) is 23.2. The van der Waals surface area contributed by atoms with Gasteiger partial charge in [-0.15, -0.1) is 11.6 Å². The predicted molar refractivity (Wildman–Crippen MR) is 129 cm³/mol. The van der Waals surface area contributed by atoms with Crippen molar-refractivity contribution in [2.24, 2.45) is 0 Å². The second kappa shape index (κ2) is 31.0. The summed E-state index contributed by atoms with van der Waals surface area (Å²) in [5, 5.41) is 0. The van der Waals surface area contributed by atoms with Crippen LogP contribution in [0.4, 0.5) is 0 Å². The van der Waals surface area contributed by atoms with E-state index in [0.29, 0.717) is 79.3 Å². The van der Waals surface area contributed by atoms with Gasteiger partial charge >= 0.3 is 0 Å². The standard InChI is InChI=1S/C24H49ClO7/c1-2-3-4-8-11-26-13-15-28-17-19-30-21-23-32-24-22-31-20-18-29-16-14-27-12-9-6-5-7-10-25/h2-24H2,1H3. The Morgan fingerprint density at radius 1 is 0.344 bits per heavy atom. The number of hydrogen-bond acceptors (Lipinski definition) is 7. The topological polar surface area (TPSA) is 64.6 Å². The van der Waals surface area contributed by atoms with Gasteiger partial charge in [-0.05, 0) is 19.3 Å². The molecule has 7 nitrogen and oxygen atoms in total. The van der Waals surface area contributed by atoms with Crippen molar-refractivity contribution < 1.29 is 33.2 Å². The highest BCUT2D eigenvalue weighted by Gasteiger charge is 1.95. The molecule has 0 spiro atoms. The van der Waals surface area contributed by atoms with E-state index in [-0.39, 0.29) is 0 Å². The highest BCUT2D eigenvalue weighted by molar-refractivity contribution is 6.17. The molecule has 0 N–H and O–H groups in total. The molecule has 0 aromatic heterocycles. The number of alkyl halides is 1. The second-order valence-corrected chi connectivity index (χ2v) is 7.83. The van der Waals surface area contributed by atoms with Crippen LogP contribution in [-0.2, 0) is 33.2 Å². The monoisotopic (exact) mass is 484 g/mol. The molecule has 0 unspecified atom stereocenters. The van der Waals surface area contributed by atoms with Crippen LogP contribution in [-0.4, -0.2) is 98.4 Å². The summed E-state index contributed by atoms with van der Waals surface area (Å²) in [6.07, 6.45) is 9.48. The maximum atomic E-state index is 5.64. The van der Waals surface area contributed by atoms with Crippen molar-refractivity contribution >= 4 is 11.6 Å². The Bertz CT molecular complexity index is 295. The van der Waals surface area contributed by atoms with Gasteiger partial charge in [0.25, 0.3) is 0 Å². The molecule has 8 heteroatoms. The van der Waals surface area contributed by atoms with Crippen LogP contribution in [0.3, 0.4) is 0 Å². The third-order valence-electron chi connectivity index (χ3n) is 4.55. The van der Waals surface area contributed by atoms with Gasteiger partial charge in [-0.25, -0.2) is 0 Å². The molecule has 0 aliphatic rings. The fraction of sp³-hybridized carbons (Fsp3) is 1.00. The first-order chi connectivity index (χ1) is 15.9. The molecule has 0 fully saturated rings. The van der Waals surface area contributed by atoms with Crippen molar-refractivity contribution in [1.29, 1.82) is 0 Å². The first-order valence-electron chi connectivity index (χ1n) is 12.5. The van der Waals surface area contributed by atoms with E-state index >= 15 is 0 Å². The molecular weight excluding hydrogens is 436 g/mol. The summed E-state index contributed by atoms with van der Waals surface area (Å²) in [7, 11) is 0. The van der Waals surface area contributed by atoms with E-state index in [4.69, 9.17) is 44.8 Å². The lowest BCUT2D eigenvalue weighted by Gasteiger charge is -2.08. The zero-order valence-corrected chi connectivity index (χ0v) is 21.3. The molecule has 0 aromatic rings. The molecule has 0 atom stereocenters. The highest BCUT2D eigenvalue weighted by atomic mass is 35.5. The Balaban J connectivity index is 2.98. The Morgan fingerprint density at radius 2 is 0.625 bits per heavy atom. The van der Waals surface area contributed by atoms with Crippen molar-refractivity contribution in [3.63, 3.8) is 0 Å². The van der Waals surface area contributed by atoms with E-state index in [1.165, 1.54) is 32.1 Å². The molecule has 0 radical (unpaired) electrons. The Labute approximate surface area is 201 Å². The summed E-state index contributed by atoms with van der Waals surface area (Å²) in [6, 6.07) is 0. The highest BCUT2D eigenvalue weighted by Crippen LogP contribution is 2.01. The first kappa shape index (κ1) is 32.0. The van der Waals surface area contributed by atoms with E-state index < -0.39 is 0 Å². The average molecular weight is 485 g/mol. The molecule has 0 amide bonds. The zero-order valence-electron chi connectivity index (χ0n) is 20.5.